The molecule has 0 aliphatic heterocycles. The number of para-hydroxylation sites is 1. The predicted molar refractivity (Wildman–Crippen MR) is 121 cm³/mol. The second-order valence-electron chi connectivity index (χ2n) is 7.46. The summed E-state index contributed by atoms with van der Waals surface area (Å²) in [6.07, 6.45) is 0.577. The highest BCUT2D eigenvalue weighted by atomic mass is 16.4. The fraction of sp³-hybridized carbons (Fsp3) is 0.115. The highest BCUT2D eigenvalue weighted by Crippen LogP contribution is 2.28. The van der Waals surface area contributed by atoms with Crippen LogP contribution in [0.5, 0.6) is 0 Å². The average Bonchev–Trinajstić information content (AvgIpc) is 3.49. The maximum absolute atomic E-state index is 12.8. The molecule has 0 saturated heterocycles. The molecule has 1 amide bonds. The van der Waals surface area contributed by atoms with Crippen LogP contribution in [-0.2, 0) is 11.2 Å². The number of hydrogen-bond donors (Lipinski definition) is 1. The first-order chi connectivity index (χ1) is 15.8. The van der Waals surface area contributed by atoms with Gasteiger partial charge in [-0.3, -0.25) is 4.79 Å². The van der Waals surface area contributed by atoms with Crippen LogP contribution in [0.4, 0.5) is 0 Å². The number of carbonyl (C=O) groups excluding carboxylic acids is 1. The quantitative estimate of drug-likeness (QED) is 0.383. The maximum atomic E-state index is 12.8. The Morgan fingerprint density at radius 1 is 0.844 bits per heavy atom. The summed E-state index contributed by atoms with van der Waals surface area (Å²) < 4.78 is 11.8. The smallest absolute Gasteiger partial charge is 0.247 e. The van der Waals surface area contributed by atoms with Crippen molar-refractivity contribution < 1.29 is 13.6 Å². The summed E-state index contributed by atoms with van der Waals surface area (Å²) in [6.45, 7) is 0. The number of amides is 1. The largest absolute Gasteiger partial charge is 0.459 e. The average molecular weight is 423 g/mol. The van der Waals surface area contributed by atoms with Crippen molar-refractivity contribution in [3.63, 3.8) is 0 Å². The van der Waals surface area contributed by atoms with Crippen LogP contribution < -0.4 is 5.32 Å². The molecule has 0 radical (unpaired) electrons. The topological polar surface area (TPSA) is 81.2 Å². The van der Waals surface area contributed by atoms with Crippen molar-refractivity contribution in [2.45, 2.75) is 18.9 Å². The van der Waals surface area contributed by atoms with E-state index in [9.17, 15) is 4.79 Å². The third-order valence-electron chi connectivity index (χ3n) is 5.22. The molecule has 5 aromatic rings. The van der Waals surface area contributed by atoms with Crippen molar-refractivity contribution in [1.82, 2.24) is 15.5 Å². The second kappa shape index (κ2) is 8.89. The summed E-state index contributed by atoms with van der Waals surface area (Å²) in [5, 5.41) is 12.2. The molecule has 5 rings (SSSR count). The Morgan fingerprint density at radius 3 is 2.34 bits per heavy atom. The molecular weight excluding hydrogens is 402 g/mol. The van der Waals surface area contributed by atoms with Gasteiger partial charge in [-0.15, -0.1) is 10.2 Å². The van der Waals surface area contributed by atoms with E-state index >= 15 is 0 Å². The van der Waals surface area contributed by atoms with Crippen molar-refractivity contribution in [2.24, 2.45) is 0 Å². The summed E-state index contributed by atoms with van der Waals surface area (Å²) in [5.41, 5.74) is 2.59. The van der Waals surface area contributed by atoms with Crippen LogP contribution in [0.1, 0.15) is 29.7 Å². The maximum Gasteiger partial charge on any atom is 0.247 e. The lowest BCUT2D eigenvalue weighted by molar-refractivity contribution is -0.121. The minimum atomic E-state index is -0.390. The molecule has 2 heterocycles. The second-order valence-corrected chi connectivity index (χ2v) is 7.46. The van der Waals surface area contributed by atoms with Crippen LogP contribution in [0.3, 0.4) is 0 Å². The van der Waals surface area contributed by atoms with Gasteiger partial charge in [-0.2, -0.15) is 0 Å². The molecule has 6 nitrogen and oxygen atoms in total. The standard InChI is InChI=1S/C26H21N3O3/c30-23(15-16-24-28-29-26(32-24)19-11-5-2-6-12-19)27-25(18-9-3-1-4-10-18)22-17-20-13-7-8-14-21(20)31-22/h1-14,17,25H,15-16H2,(H,27,30)/t25-/m0/s1. The molecule has 0 aliphatic carbocycles. The summed E-state index contributed by atoms with van der Waals surface area (Å²) in [4.78, 5) is 12.8. The zero-order valence-electron chi connectivity index (χ0n) is 17.3. The van der Waals surface area contributed by atoms with Crippen LogP contribution in [-0.4, -0.2) is 16.1 Å². The van der Waals surface area contributed by atoms with Crippen LogP contribution in [0.2, 0.25) is 0 Å². The van der Waals surface area contributed by atoms with E-state index in [1.807, 2.05) is 91.0 Å². The van der Waals surface area contributed by atoms with E-state index in [0.29, 0.717) is 24.0 Å². The van der Waals surface area contributed by atoms with E-state index in [4.69, 9.17) is 8.83 Å². The Labute approximate surface area is 184 Å². The van der Waals surface area contributed by atoms with Gasteiger partial charge < -0.3 is 14.2 Å². The van der Waals surface area contributed by atoms with E-state index < -0.39 is 6.04 Å². The van der Waals surface area contributed by atoms with E-state index in [2.05, 4.69) is 15.5 Å². The minimum Gasteiger partial charge on any atom is -0.459 e. The first kappa shape index (κ1) is 19.8. The fourth-order valence-electron chi connectivity index (χ4n) is 3.61. The third-order valence-corrected chi connectivity index (χ3v) is 5.22. The number of nitrogens with zero attached hydrogens (tertiary/aromatic N) is 2. The molecule has 2 aromatic heterocycles. The lowest BCUT2D eigenvalue weighted by atomic mass is 10.0. The van der Waals surface area contributed by atoms with Gasteiger partial charge in [0.15, 0.2) is 0 Å². The molecule has 0 saturated carbocycles. The monoisotopic (exact) mass is 423 g/mol. The molecule has 0 unspecified atom stereocenters. The van der Waals surface area contributed by atoms with E-state index in [1.165, 1.54) is 0 Å². The Bertz CT molecular complexity index is 1290. The highest BCUT2D eigenvalue weighted by molar-refractivity contribution is 5.79. The van der Waals surface area contributed by atoms with Crippen molar-refractivity contribution in [1.29, 1.82) is 0 Å². The lowest BCUT2D eigenvalue weighted by Crippen LogP contribution is -2.29. The summed E-state index contributed by atoms with van der Waals surface area (Å²) in [5.74, 6) is 1.44. The number of benzene rings is 3. The van der Waals surface area contributed by atoms with Gasteiger partial charge >= 0.3 is 0 Å². The number of aromatic nitrogens is 2. The highest BCUT2D eigenvalue weighted by Gasteiger charge is 2.21. The number of rotatable bonds is 7. The van der Waals surface area contributed by atoms with Gasteiger partial charge in [0.1, 0.15) is 17.4 Å². The fourth-order valence-corrected chi connectivity index (χ4v) is 3.61. The normalized spacial score (nSPS) is 12.0. The van der Waals surface area contributed by atoms with Gasteiger partial charge in [-0.05, 0) is 29.8 Å². The van der Waals surface area contributed by atoms with E-state index in [-0.39, 0.29) is 12.3 Å². The number of aryl methyl sites for hydroxylation is 1. The Morgan fingerprint density at radius 2 is 1.56 bits per heavy atom. The molecule has 0 aliphatic rings. The molecule has 32 heavy (non-hydrogen) atoms. The van der Waals surface area contributed by atoms with Gasteiger partial charge in [0.25, 0.3) is 0 Å². The molecule has 1 N–H and O–H groups in total. The first-order valence-electron chi connectivity index (χ1n) is 10.5. The molecule has 6 heteroatoms. The number of carbonyl (C=O) groups is 1. The van der Waals surface area contributed by atoms with Crippen molar-refractivity contribution >= 4 is 16.9 Å². The number of nitrogens with one attached hydrogen (secondary N) is 1. The predicted octanol–water partition coefficient (Wildman–Crippen LogP) is 5.32. The molecule has 1 atom stereocenters. The Hall–Kier alpha value is -4.19. The van der Waals surface area contributed by atoms with Gasteiger partial charge in [0.2, 0.25) is 17.7 Å². The summed E-state index contributed by atoms with van der Waals surface area (Å²) >= 11 is 0. The van der Waals surface area contributed by atoms with Gasteiger partial charge in [-0.1, -0.05) is 66.7 Å². The third kappa shape index (κ3) is 4.30. The zero-order chi connectivity index (χ0) is 21.8. The Kier molecular flexibility index (Phi) is 5.49. The minimum absolute atomic E-state index is 0.126. The lowest BCUT2D eigenvalue weighted by Gasteiger charge is -2.17. The van der Waals surface area contributed by atoms with E-state index in [0.717, 1.165) is 22.1 Å². The van der Waals surface area contributed by atoms with Gasteiger partial charge in [-0.25, -0.2) is 0 Å². The van der Waals surface area contributed by atoms with Crippen LogP contribution >= 0.6 is 0 Å². The van der Waals surface area contributed by atoms with Crippen LogP contribution in [0.25, 0.3) is 22.4 Å². The van der Waals surface area contributed by atoms with E-state index in [1.54, 1.807) is 0 Å². The van der Waals surface area contributed by atoms with Crippen LogP contribution in [0.15, 0.2) is 99.8 Å². The summed E-state index contributed by atoms with van der Waals surface area (Å²) in [6, 6.07) is 28.7. The number of hydrogen-bond acceptors (Lipinski definition) is 5. The Balaban J connectivity index is 1.30. The summed E-state index contributed by atoms with van der Waals surface area (Å²) in [7, 11) is 0. The number of fused-ring (bicyclic) bond motifs is 1. The number of furan rings is 1. The molecule has 158 valence electrons. The first-order valence-corrected chi connectivity index (χ1v) is 10.5. The van der Waals surface area contributed by atoms with Crippen molar-refractivity contribution in [3.8, 4) is 11.5 Å². The van der Waals surface area contributed by atoms with Gasteiger partial charge in [0, 0.05) is 23.8 Å². The molecule has 0 fully saturated rings. The van der Waals surface area contributed by atoms with Crippen molar-refractivity contribution in [2.75, 3.05) is 0 Å². The molecule has 0 spiro atoms. The molecule has 0 bridgehead atoms. The van der Waals surface area contributed by atoms with Gasteiger partial charge in [0.05, 0.1) is 0 Å². The zero-order valence-corrected chi connectivity index (χ0v) is 17.3. The van der Waals surface area contributed by atoms with Crippen molar-refractivity contribution in [3.05, 3.63) is 108 Å². The molecular formula is C26H21N3O3. The van der Waals surface area contributed by atoms with Crippen LogP contribution in [0, 0.1) is 0 Å². The molecule has 3 aromatic carbocycles. The SMILES string of the molecule is O=C(CCc1nnc(-c2ccccc2)o1)N[C@@H](c1ccccc1)c1cc2ccccc2o1.